The van der Waals surface area contributed by atoms with E-state index in [-0.39, 0.29) is 17.4 Å². The number of carbonyl (C=O) groups excluding carboxylic acids is 1. The molecule has 4 nitrogen and oxygen atoms in total. The van der Waals surface area contributed by atoms with E-state index in [4.69, 9.17) is 0 Å². The molecule has 2 heterocycles. The lowest BCUT2D eigenvalue weighted by molar-refractivity contribution is -0.170. The summed E-state index contributed by atoms with van der Waals surface area (Å²) in [6.07, 6.45) is 5.00. The fourth-order valence-corrected chi connectivity index (χ4v) is 8.03. The molecule has 2 unspecified atom stereocenters. The molecule has 1 N–H and O–H groups in total. The van der Waals surface area contributed by atoms with E-state index < -0.39 is 11.7 Å². The molecule has 5 aliphatic rings. The summed E-state index contributed by atoms with van der Waals surface area (Å²) in [5.41, 5.74) is -0.308. The second-order valence-corrected chi connectivity index (χ2v) is 11.5. The van der Waals surface area contributed by atoms with E-state index in [1.807, 2.05) is 4.90 Å². The number of alkyl halides is 3. The fourth-order valence-electron chi connectivity index (χ4n) is 8.03. The number of halogens is 3. The molecule has 0 spiro atoms. The van der Waals surface area contributed by atoms with Crippen LogP contribution in [0.2, 0.25) is 0 Å². The first-order chi connectivity index (χ1) is 14.5. The molecular formula is C24H32F3N3O. The van der Waals surface area contributed by atoms with Crippen LogP contribution in [0, 0.1) is 22.2 Å². The third kappa shape index (κ3) is 3.82. The number of hydrogen-bond acceptors (Lipinski definition) is 3. The van der Waals surface area contributed by atoms with Gasteiger partial charge in [0.15, 0.2) is 0 Å². The maximum Gasteiger partial charge on any atom is 0.417 e. The van der Waals surface area contributed by atoms with Gasteiger partial charge in [-0.2, -0.15) is 13.2 Å². The zero-order chi connectivity index (χ0) is 22.1. The van der Waals surface area contributed by atoms with Gasteiger partial charge in [-0.25, -0.2) is 4.98 Å². The molecule has 4 saturated carbocycles. The Morgan fingerprint density at radius 1 is 1.06 bits per heavy atom. The van der Waals surface area contributed by atoms with Crippen LogP contribution in [0.15, 0.2) is 18.3 Å². The highest BCUT2D eigenvalue weighted by molar-refractivity contribution is 5.83. The van der Waals surface area contributed by atoms with Crippen LogP contribution in [0.1, 0.15) is 70.8 Å². The fraction of sp³-hybridized carbons (Fsp3) is 0.750. The summed E-state index contributed by atoms with van der Waals surface area (Å²) in [4.78, 5) is 19.5. The van der Waals surface area contributed by atoms with Crippen LogP contribution >= 0.6 is 0 Å². The second-order valence-electron chi connectivity index (χ2n) is 11.5. The Morgan fingerprint density at radius 2 is 1.71 bits per heavy atom. The highest BCUT2D eigenvalue weighted by Gasteiger charge is 2.62. The summed E-state index contributed by atoms with van der Waals surface area (Å²) in [7, 11) is 0. The molecule has 7 heteroatoms. The zero-order valence-corrected chi connectivity index (χ0v) is 18.4. The van der Waals surface area contributed by atoms with Gasteiger partial charge in [-0.05, 0) is 80.2 Å². The molecule has 1 aliphatic heterocycles. The summed E-state index contributed by atoms with van der Waals surface area (Å²) >= 11 is 0. The average Bonchev–Trinajstić information content (AvgIpc) is 2.65. The van der Waals surface area contributed by atoms with Gasteiger partial charge in [0.1, 0.15) is 5.82 Å². The van der Waals surface area contributed by atoms with Gasteiger partial charge >= 0.3 is 6.18 Å². The van der Waals surface area contributed by atoms with E-state index in [0.29, 0.717) is 35.7 Å². The zero-order valence-electron chi connectivity index (χ0n) is 18.4. The topological polar surface area (TPSA) is 45.2 Å². The van der Waals surface area contributed by atoms with E-state index in [0.717, 1.165) is 44.4 Å². The van der Waals surface area contributed by atoms with Crippen molar-refractivity contribution in [2.24, 2.45) is 22.2 Å². The molecule has 31 heavy (non-hydrogen) atoms. The number of anilines is 1. The van der Waals surface area contributed by atoms with Crippen molar-refractivity contribution in [1.82, 2.24) is 10.3 Å². The average molecular weight is 436 g/mol. The van der Waals surface area contributed by atoms with Crippen molar-refractivity contribution in [3.8, 4) is 0 Å². The Hall–Kier alpha value is -1.79. The predicted octanol–water partition coefficient (Wildman–Crippen LogP) is 5.18. The van der Waals surface area contributed by atoms with E-state index in [9.17, 15) is 18.0 Å². The van der Waals surface area contributed by atoms with Gasteiger partial charge in [0.2, 0.25) is 5.91 Å². The van der Waals surface area contributed by atoms with Gasteiger partial charge in [0, 0.05) is 25.3 Å². The smallest absolute Gasteiger partial charge is 0.356 e. The maximum absolute atomic E-state index is 13.5. The van der Waals surface area contributed by atoms with Crippen molar-refractivity contribution in [2.45, 2.75) is 77.4 Å². The van der Waals surface area contributed by atoms with Crippen molar-refractivity contribution in [1.29, 1.82) is 0 Å². The first-order valence-corrected chi connectivity index (χ1v) is 11.6. The number of nitrogens with zero attached hydrogens (tertiary/aromatic N) is 2. The predicted molar refractivity (Wildman–Crippen MR) is 112 cm³/mol. The van der Waals surface area contributed by atoms with Gasteiger partial charge in [0.05, 0.1) is 11.0 Å². The SMILES string of the molecule is CC12CC3CC(C)(C1)CC(C(=O)NC1CCN(c4ccc(C(F)(F)F)cn4)CC1)(C3)C2. The van der Waals surface area contributed by atoms with Crippen molar-refractivity contribution in [3.05, 3.63) is 23.9 Å². The number of piperidine rings is 1. The summed E-state index contributed by atoms with van der Waals surface area (Å²) in [5.74, 6) is 1.50. The number of hydrogen-bond donors (Lipinski definition) is 1. The van der Waals surface area contributed by atoms with Crippen LogP contribution < -0.4 is 10.2 Å². The number of amides is 1. The molecule has 4 bridgehead atoms. The van der Waals surface area contributed by atoms with E-state index in [2.05, 4.69) is 24.1 Å². The van der Waals surface area contributed by atoms with Crippen LogP contribution in [0.3, 0.4) is 0 Å². The first-order valence-electron chi connectivity index (χ1n) is 11.6. The molecule has 170 valence electrons. The van der Waals surface area contributed by atoms with E-state index >= 15 is 0 Å². The maximum atomic E-state index is 13.5. The minimum Gasteiger partial charge on any atom is -0.356 e. The molecule has 1 aromatic heterocycles. The lowest BCUT2D eigenvalue weighted by Crippen LogP contribution is -2.61. The van der Waals surface area contributed by atoms with Crippen molar-refractivity contribution < 1.29 is 18.0 Å². The van der Waals surface area contributed by atoms with Crippen molar-refractivity contribution >= 4 is 11.7 Å². The van der Waals surface area contributed by atoms with Crippen LogP contribution in [-0.4, -0.2) is 30.0 Å². The molecule has 0 radical (unpaired) electrons. The van der Waals surface area contributed by atoms with Crippen molar-refractivity contribution in [2.75, 3.05) is 18.0 Å². The van der Waals surface area contributed by atoms with Gasteiger partial charge < -0.3 is 10.2 Å². The molecule has 1 amide bonds. The summed E-state index contributed by atoms with van der Waals surface area (Å²) < 4.78 is 38.3. The first kappa shape index (κ1) is 21.1. The van der Waals surface area contributed by atoms with Crippen LogP contribution in [0.5, 0.6) is 0 Å². The lowest BCUT2D eigenvalue weighted by Gasteiger charge is -2.64. The normalized spacial score (nSPS) is 37.8. The molecule has 2 atom stereocenters. The Morgan fingerprint density at radius 3 is 2.23 bits per heavy atom. The third-order valence-electron chi connectivity index (χ3n) is 8.34. The molecule has 4 aliphatic carbocycles. The summed E-state index contributed by atoms with van der Waals surface area (Å²) in [6.45, 7) is 6.14. The molecule has 1 aromatic rings. The Kier molecular flexibility index (Phi) is 4.66. The van der Waals surface area contributed by atoms with Crippen molar-refractivity contribution in [3.63, 3.8) is 0 Å². The lowest BCUT2D eigenvalue weighted by atomic mass is 9.40. The number of pyridine rings is 1. The van der Waals surface area contributed by atoms with Crippen LogP contribution in [-0.2, 0) is 11.0 Å². The highest BCUT2D eigenvalue weighted by atomic mass is 19.4. The van der Waals surface area contributed by atoms with Gasteiger partial charge in [-0.3, -0.25) is 4.79 Å². The minimum absolute atomic E-state index is 0.131. The third-order valence-corrected chi connectivity index (χ3v) is 8.34. The Bertz CT molecular complexity index is 842. The number of carbonyl (C=O) groups is 1. The Balaban J connectivity index is 1.20. The number of aromatic nitrogens is 1. The monoisotopic (exact) mass is 435 g/mol. The molecule has 1 saturated heterocycles. The molecule has 5 fully saturated rings. The highest BCUT2D eigenvalue weighted by Crippen LogP contribution is 2.69. The van der Waals surface area contributed by atoms with Crippen LogP contribution in [0.4, 0.5) is 19.0 Å². The van der Waals surface area contributed by atoms with E-state index in [1.54, 1.807) is 0 Å². The number of rotatable bonds is 3. The van der Waals surface area contributed by atoms with Gasteiger partial charge in [-0.1, -0.05) is 13.8 Å². The Labute approximate surface area is 182 Å². The van der Waals surface area contributed by atoms with E-state index in [1.165, 1.54) is 25.3 Å². The summed E-state index contributed by atoms with van der Waals surface area (Å²) in [6, 6.07) is 2.66. The van der Waals surface area contributed by atoms with Gasteiger partial charge in [-0.15, -0.1) is 0 Å². The largest absolute Gasteiger partial charge is 0.417 e. The molecular weight excluding hydrogens is 403 g/mol. The molecule has 0 aromatic carbocycles. The van der Waals surface area contributed by atoms with Gasteiger partial charge in [0.25, 0.3) is 0 Å². The summed E-state index contributed by atoms with van der Waals surface area (Å²) in [5, 5.41) is 3.38. The second kappa shape index (κ2) is 6.85. The standard InChI is InChI=1S/C24H32F3N3O/c1-21-9-16-10-22(2,13-21)15-23(11-16,14-21)20(31)29-18-5-7-30(8-6-18)19-4-3-17(12-28-19)24(25,26)27/h3-4,12,16,18H,5-11,13-15H2,1-2H3,(H,29,31). The van der Waals surface area contributed by atoms with Crippen LogP contribution in [0.25, 0.3) is 0 Å². The quantitative estimate of drug-likeness (QED) is 0.711. The molecule has 6 rings (SSSR count). The number of nitrogens with one attached hydrogen (secondary N) is 1. The minimum atomic E-state index is -4.37.